The van der Waals surface area contributed by atoms with Gasteiger partial charge in [-0.3, -0.25) is 0 Å². The molecular formula is C13H15N3O3S. The number of ether oxygens (including phenoxy) is 1. The molecule has 0 aromatic carbocycles. The summed E-state index contributed by atoms with van der Waals surface area (Å²) in [6, 6.07) is 1.75. The monoisotopic (exact) mass is 293 g/mol. The van der Waals surface area contributed by atoms with Gasteiger partial charge < -0.3 is 13.7 Å². The third-order valence-corrected chi connectivity index (χ3v) is 3.70. The lowest BCUT2D eigenvalue weighted by molar-refractivity contribution is 0.0564. The minimum atomic E-state index is -0.477. The van der Waals surface area contributed by atoms with Gasteiger partial charge in [-0.15, -0.1) is 16.8 Å². The lowest BCUT2D eigenvalue weighted by Crippen LogP contribution is -2.03. The van der Waals surface area contributed by atoms with Crippen LogP contribution in [-0.2, 0) is 17.0 Å². The molecule has 2 heterocycles. The highest BCUT2D eigenvalue weighted by Gasteiger charge is 2.17. The fourth-order valence-corrected chi connectivity index (χ4v) is 2.64. The summed E-state index contributed by atoms with van der Waals surface area (Å²) >= 11 is 1.48. The normalized spacial score (nSPS) is 10.5. The predicted molar refractivity (Wildman–Crippen MR) is 74.6 cm³/mol. The molecule has 0 saturated carbocycles. The van der Waals surface area contributed by atoms with Gasteiger partial charge in [0.05, 0.1) is 13.4 Å². The molecule has 0 atom stereocenters. The van der Waals surface area contributed by atoms with Crippen LogP contribution in [0.1, 0.15) is 21.9 Å². The van der Waals surface area contributed by atoms with Gasteiger partial charge in [0.25, 0.3) is 0 Å². The number of rotatable bonds is 6. The molecule has 0 fully saturated rings. The van der Waals surface area contributed by atoms with Crippen molar-refractivity contribution in [2.45, 2.75) is 24.4 Å². The van der Waals surface area contributed by atoms with Gasteiger partial charge in [-0.05, 0) is 13.0 Å². The molecule has 106 valence electrons. The average Bonchev–Trinajstić information content (AvgIpc) is 3.04. The zero-order valence-corrected chi connectivity index (χ0v) is 12.1. The van der Waals surface area contributed by atoms with Crippen LogP contribution in [0.3, 0.4) is 0 Å². The van der Waals surface area contributed by atoms with Crippen LogP contribution in [0.25, 0.3) is 0 Å². The van der Waals surface area contributed by atoms with Crippen molar-refractivity contribution in [1.29, 1.82) is 0 Å². The first-order chi connectivity index (χ1) is 9.67. The third kappa shape index (κ3) is 2.93. The predicted octanol–water partition coefficient (Wildman–Crippen LogP) is 2.44. The average molecular weight is 293 g/mol. The molecule has 0 aliphatic heterocycles. The number of aromatic nitrogens is 3. The number of hydrogen-bond donors (Lipinski definition) is 0. The Labute approximate surface area is 120 Å². The second-order valence-electron chi connectivity index (χ2n) is 3.98. The minimum absolute atomic E-state index is 0.228. The Morgan fingerprint density at radius 3 is 3.10 bits per heavy atom. The molecule has 0 aliphatic rings. The summed E-state index contributed by atoms with van der Waals surface area (Å²) in [5, 5.41) is 8.93. The van der Waals surface area contributed by atoms with Crippen molar-refractivity contribution in [3.8, 4) is 0 Å². The van der Waals surface area contributed by atoms with E-state index in [1.165, 1.54) is 25.1 Å². The first-order valence-electron chi connectivity index (χ1n) is 5.95. The van der Waals surface area contributed by atoms with Crippen molar-refractivity contribution in [2.24, 2.45) is 0 Å². The Bertz CT molecular complexity index is 618. The Hall–Kier alpha value is -2.02. The number of nitrogens with zero attached hydrogens (tertiary/aromatic N) is 3. The van der Waals surface area contributed by atoms with E-state index in [1.54, 1.807) is 12.1 Å². The van der Waals surface area contributed by atoms with E-state index in [1.807, 2.05) is 11.5 Å². The highest BCUT2D eigenvalue weighted by molar-refractivity contribution is 7.98. The van der Waals surface area contributed by atoms with Crippen LogP contribution < -0.4 is 0 Å². The van der Waals surface area contributed by atoms with E-state index in [0.717, 1.165) is 16.5 Å². The molecule has 0 spiro atoms. The molecule has 0 unspecified atom stereocenters. The fraction of sp³-hybridized carbons (Fsp3) is 0.308. The number of esters is 1. The number of furan rings is 1. The van der Waals surface area contributed by atoms with Gasteiger partial charge in [-0.2, -0.15) is 0 Å². The van der Waals surface area contributed by atoms with Gasteiger partial charge in [0, 0.05) is 17.9 Å². The van der Waals surface area contributed by atoms with Gasteiger partial charge >= 0.3 is 5.97 Å². The number of thioether (sulfide) groups is 1. The van der Waals surface area contributed by atoms with Crippen molar-refractivity contribution < 1.29 is 13.9 Å². The van der Waals surface area contributed by atoms with Crippen LogP contribution in [0.4, 0.5) is 0 Å². The Balaban J connectivity index is 2.11. The second kappa shape index (κ2) is 6.42. The molecule has 0 amide bonds. The highest BCUT2D eigenvalue weighted by Crippen LogP contribution is 2.24. The third-order valence-electron chi connectivity index (χ3n) is 2.69. The van der Waals surface area contributed by atoms with Gasteiger partial charge in [-0.25, -0.2) is 4.79 Å². The number of carbonyl (C=O) groups is 1. The molecular weight excluding hydrogens is 278 g/mol. The molecule has 0 saturated heterocycles. The summed E-state index contributed by atoms with van der Waals surface area (Å²) in [6.07, 6.45) is 3.26. The van der Waals surface area contributed by atoms with E-state index in [-0.39, 0.29) is 5.76 Å². The van der Waals surface area contributed by atoms with E-state index in [0.29, 0.717) is 12.3 Å². The highest BCUT2D eigenvalue weighted by atomic mass is 32.2. The van der Waals surface area contributed by atoms with Crippen molar-refractivity contribution in [3.63, 3.8) is 0 Å². The first-order valence-corrected chi connectivity index (χ1v) is 6.94. The number of allylic oxidation sites excluding steroid dienone is 1. The Morgan fingerprint density at radius 2 is 2.40 bits per heavy atom. The van der Waals surface area contributed by atoms with Crippen molar-refractivity contribution in [2.75, 3.05) is 7.11 Å². The van der Waals surface area contributed by atoms with Gasteiger partial charge in [-0.1, -0.05) is 17.8 Å². The quantitative estimate of drug-likeness (QED) is 0.463. The summed E-state index contributed by atoms with van der Waals surface area (Å²) in [4.78, 5) is 11.5. The zero-order chi connectivity index (χ0) is 14.5. The summed E-state index contributed by atoms with van der Waals surface area (Å²) in [5.74, 6) is 1.13. The Kier molecular flexibility index (Phi) is 4.62. The summed E-state index contributed by atoms with van der Waals surface area (Å²) < 4.78 is 11.8. The van der Waals surface area contributed by atoms with Crippen molar-refractivity contribution in [3.05, 3.63) is 42.1 Å². The molecule has 7 heteroatoms. The molecule has 6 nitrogen and oxygen atoms in total. The summed E-state index contributed by atoms with van der Waals surface area (Å²) in [5.41, 5.74) is 0.771. The number of methoxy groups -OCH3 is 1. The minimum Gasteiger partial charge on any atom is -0.463 e. The smallest absolute Gasteiger partial charge is 0.374 e. The SMILES string of the molecule is C=CCn1c(C)nnc1SCc1ccoc1C(=O)OC. The maximum Gasteiger partial charge on any atom is 0.374 e. The molecule has 0 aliphatic carbocycles. The van der Waals surface area contributed by atoms with Crippen LogP contribution >= 0.6 is 11.8 Å². The number of aryl methyl sites for hydroxylation is 1. The van der Waals surface area contributed by atoms with Crippen LogP contribution in [0.5, 0.6) is 0 Å². The largest absolute Gasteiger partial charge is 0.463 e. The second-order valence-corrected chi connectivity index (χ2v) is 4.93. The van der Waals surface area contributed by atoms with Gasteiger partial charge in [0.15, 0.2) is 5.16 Å². The van der Waals surface area contributed by atoms with Crippen molar-refractivity contribution >= 4 is 17.7 Å². The number of hydrogen-bond acceptors (Lipinski definition) is 6. The maximum absolute atomic E-state index is 11.5. The fourth-order valence-electron chi connectivity index (χ4n) is 1.67. The summed E-state index contributed by atoms with van der Waals surface area (Å²) in [6.45, 7) is 6.25. The van der Waals surface area contributed by atoms with E-state index >= 15 is 0 Å². The van der Waals surface area contributed by atoms with Gasteiger partial charge in [0.1, 0.15) is 5.82 Å². The lowest BCUT2D eigenvalue weighted by Gasteiger charge is -2.05. The molecule has 0 radical (unpaired) electrons. The van der Waals surface area contributed by atoms with Gasteiger partial charge in [0.2, 0.25) is 5.76 Å². The maximum atomic E-state index is 11.5. The van der Waals surface area contributed by atoms with E-state index in [4.69, 9.17) is 4.42 Å². The topological polar surface area (TPSA) is 70.2 Å². The van der Waals surface area contributed by atoms with Crippen LogP contribution in [0.15, 0.2) is 34.6 Å². The molecule has 0 bridgehead atoms. The molecule has 0 N–H and O–H groups in total. The molecule has 2 aromatic heterocycles. The summed E-state index contributed by atoms with van der Waals surface area (Å²) in [7, 11) is 1.33. The molecule has 2 aromatic rings. The lowest BCUT2D eigenvalue weighted by atomic mass is 10.3. The van der Waals surface area contributed by atoms with Crippen LogP contribution in [-0.4, -0.2) is 27.8 Å². The molecule has 20 heavy (non-hydrogen) atoms. The molecule has 2 rings (SSSR count). The van der Waals surface area contributed by atoms with E-state index < -0.39 is 5.97 Å². The van der Waals surface area contributed by atoms with Crippen LogP contribution in [0.2, 0.25) is 0 Å². The first kappa shape index (κ1) is 14.4. The standard InChI is InChI=1S/C13H15N3O3S/c1-4-6-16-9(2)14-15-13(16)20-8-10-5-7-19-11(10)12(17)18-3/h4-5,7H,1,6,8H2,2-3H3. The number of carbonyl (C=O) groups excluding carboxylic acids is 1. The van der Waals surface area contributed by atoms with Crippen molar-refractivity contribution in [1.82, 2.24) is 14.8 Å². The van der Waals surface area contributed by atoms with Crippen LogP contribution in [0, 0.1) is 6.92 Å². The zero-order valence-electron chi connectivity index (χ0n) is 11.3. The van der Waals surface area contributed by atoms with E-state index in [2.05, 4.69) is 21.5 Å². The van der Waals surface area contributed by atoms with E-state index in [9.17, 15) is 4.79 Å². The Morgan fingerprint density at radius 1 is 1.60 bits per heavy atom.